The smallest absolute Gasteiger partial charge is 0.307 e. The number of aliphatic carboxylic acids is 1. The second kappa shape index (κ2) is 6.76. The fourth-order valence-electron chi connectivity index (χ4n) is 2.01. The van der Waals surface area contributed by atoms with E-state index in [1.165, 1.54) is 5.56 Å². The summed E-state index contributed by atoms with van der Waals surface area (Å²) >= 11 is 5.96. The molecule has 0 saturated carbocycles. The van der Waals surface area contributed by atoms with Gasteiger partial charge in [0.2, 0.25) is 0 Å². The summed E-state index contributed by atoms with van der Waals surface area (Å²) in [5, 5.41) is 9.61. The zero-order valence-corrected chi connectivity index (χ0v) is 11.8. The number of carbonyl (C=O) groups is 1. The van der Waals surface area contributed by atoms with Gasteiger partial charge in [0.05, 0.1) is 5.92 Å². The normalized spacial score (nSPS) is 14.5. The molecule has 18 heavy (non-hydrogen) atoms. The summed E-state index contributed by atoms with van der Waals surface area (Å²) in [7, 11) is 1.94. The third-order valence-corrected chi connectivity index (χ3v) is 3.25. The summed E-state index contributed by atoms with van der Waals surface area (Å²) in [5.74, 6) is -0.770. The minimum absolute atomic E-state index is 0.328. The molecule has 0 saturated heterocycles. The predicted octanol–water partition coefficient (Wildman–Crippen LogP) is 3.10. The number of likely N-dealkylation sites (N-methyl/N-ethyl adjacent to an activating group) is 1. The van der Waals surface area contributed by atoms with Crippen LogP contribution in [0, 0.1) is 5.92 Å². The molecule has 0 aromatic heterocycles. The minimum Gasteiger partial charge on any atom is -0.481 e. The van der Waals surface area contributed by atoms with Gasteiger partial charge in [0.15, 0.2) is 0 Å². The molecule has 1 aromatic rings. The molecule has 0 radical (unpaired) electrons. The molecular weight excluding hydrogens is 250 g/mol. The van der Waals surface area contributed by atoms with Crippen LogP contribution in [0.3, 0.4) is 0 Å². The molecule has 100 valence electrons. The summed E-state index contributed by atoms with van der Waals surface area (Å²) in [6.45, 7) is 5.22. The number of hydrogen-bond acceptors (Lipinski definition) is 2. The highest BCUT2D eigenvalue weighted by Gasteiger charge is 2.15. The highest BCUT2D eigenvalue weighted by molar-refractivity contribution is 6.30. The third-order valence-electron chi connectivity index (χ3n) is 3.01. The van der Waals surface area contributed by atoms with E-state index in [1.54, 1.807) is 6.92 Å². The molecule has 2 unspecified atom stereocenters. The van der Waals surface area contributed by atoms with Gasteiger partial charge in [0.1, 0.15) is 0 Å². The average Bonchev–Trinajstić information content (AvgIpc) is 2.28. The van der Waals surface area contributed by atoms with Crippen LogP contribution in [0.5, 0.6) is 0 Å². The topological polar surface area (TPSA) is 40.5 Å². The zero-order valence-electron chi connectivity index (χ0n) is 11.1. The largest absolute Gasteiger partial charge is 0.481 e. The minimum atomic E-state index is -0.753. The maximum Gasteiger partial charge on any atom is 0.307 e. The second-order valence-corrected chi connectivity index (χ2v) is 5.35. The average molecular weight is 270 g/mol. The molecule has 2 atom stereocenters. The molecule has 0 aliphatic carbocycles. The van der Waals surface area contributed by atoms with Crippen molar-refractivity contribution in [2.45, 2.75) is 19.8 Å². The van der Waals surface area contributed by atoms with Crippen molar-refractivity contribution in [1.82, 2.24) is 4.90 Å². The van der Waals surface area contributed by atoms with Gasteiger partial charge in [0.25, 0.3) is 0 Å². The van der Waals surface area contributed by atoms with Crippen molar-refractivity contribution < 1.29 is 9.90 Å². The molecule has 3 nitrogen and oxygen atoms in total. The summed E-state index contributed by atoms with van der Waals surface area (Å²) in [4.78, 5) is 12.8. The number of nitrogens with zero attached hydrogens (tertiary/aromatic N) is 1. The maximum absolute atomic E-state index is 10.8. The molecule has 0 aliphatic heterocycles. The van der Waals surface area contributed by atoms with Crippen LogP contribution >= 0.6 is 11.6 Å². The van der Waals surface area contributed by atoms with Gasteiger partial charge in [-0.15, -0.1) is 0 Å². The third kappa shape index (κ3) is 4.67. The standard InChI is InChI=1S/C14H20ClNO2/c1-10(12-5-4-6-13(15)7-12)8-16(3)9-11(2)14(17)18/h4-7,10-11H,8-9H2,1-3H3,(H,17,18). The van der Waals surface area contributed by atoms with Crippen molar-refractivity contribution >= 4 is 17.6 Å². The van der Waals surface area contributed by atoms with Crippen molar-refractivity contribution in [3.63, 3.8) is 0 Å². The van der Waals surface area contributed by atoms with E-state index in [1.807, 2.05) is 36.2 Å². The Hall–Kier alpha value is -1.06. The van der Waals surface area contributed by atoms with Crippen LogP contribution in [0.25, 0.3) is 0 Å². The summed E-state index contributed by atoms with van der Waals surface area (Å²) in [6, 6.07) is 7.80. The van der Waals surface area contributed by atoms with E-state index >= 15 is 0 Å². The van der Waals surface area contributed by atoms with E-state index in [9.17, 15) is 4.79 Å². The van der Waals surface area contributed by atoms with Gasteiger partial charge in [-0.1, -0.05) is 37.6 Å². The first kappa shape index (κ1) is 15.0. The van der Waals surface area contributed by atoms with Crippen LogP contribution in [-0.2, 0) is 4.79 Å². The van der Waals surface area contributed by atoms with E-state index in [0.717, 1.165) is 11.6 Å². The predicted molar refractivity (Wildman–Crippen MR) is 74.2 cm³/mol. The number of carboxylic acids is 1. The van der Waals surface area contributed by atoms with E-state index < -0.39 is 5.97 Å². The Morgan fingerprint density at radius 1 is 1.39 bits per heavy atom. The van der Waals surface area contributed by atoms with Crippen LogP contribution in [-0.4, -0.2) is 36.1 Å². The molecule has 0 bridgehead atoms. The van der Waals surface area contributed by atoms with Crippen molar-refractivity contribution in [2.24, 2.45) is 5.92 Å². The molecule has 0 amide bonds. The van der Waals surface area contributed by atoms with Crippen LogP contribution in [0.15, 0.2) is 24.3 Å². The van der Waals surface area contributed by atoms with Crippen molar-refractivity contribution in [3.8, 4) is 0 Å². The van der Waals surface area contributed by atoms with E-state index in [4.69, 9.17) is 16.7 Å². The number of rotatable bonds is 6. The lowest BCUT2D eigenvalue weighted by Gasteiger charge is -2.23. The molecule has 1 N–H and O–H groups in total. The van der Waals surface area contributed by atoms with Gasteiger partial charge in [-0.25, -0.2) is 0 Å². The Kier molecular flexibility index (Phi) is 5.63. The van der Waals surface area contributed by atoms with Crippen molar-refractivity contribution in [2.75, 3.05) is 20.1 Å². The zero-order chi connectivity index (χ0) is 13.7. The maximum atomic E-state index is 10.8. The Morgan fingerprint density at radius 3 is 2.61 bits per heavy atom. The number of hydrogen-bond donors (Lipinski definition) is 1. The van der Waals surface area contributed by atoms with Crippen LogP contribution < -0.4 is 0 Å². The molecule has 4 heteroatoms. The molecule has 1 aromatic carbocycles. The first-order chi connectivity index (χ1) is 8.40. The van der Waals surface area contributed by atoms with Crippen molar-refractivity contribution in [3.05, 3.63) is 34.9 Å². The Bertz CT molecular complexity index is 409. The van der Waals surface area contributed by atoms with Gasteiger partial charge in [0, 0.05) is 18.1 Å². The fraction of sp³-hybridized carbons (Fsp3) is 0.500. The Balaban J connectivity index is 2.54. The lowest BCUT2D eigenvalue weighted by atomic mass is 10.0. The first-order valence-corrected chi connectivity index (χ1v) is 6.44. The fourth-order valence-corrected chi connectivity index (χ4v) is 2.20. The number of carboxylic acid groups (broad SMARTS) is 1. The molecule has 0 fully saturated rings. The van der Waals surface area contributed by atoms with Gasteiger partial charge >= 0.3 is 5.97 Å². The SMILES string of the molecule is CC(CN(C)CC(C)c1cccc(Cl)c1)C(=O)O. The number of benzene rings is 1. The Labute approximate surface area is 113 Å². The summed E-state index contributed by atoms with van der Waals surface area (Å²) < 4.78 is 0. The van der Waals surface area contributed by atoms with Crippen LogP contribution in [0.4, 0.5) is 0 Å². The summed E-state index contributed by atoms with van der Waals surface area (Å²) in [6.07, 6.45) is 0. The van der Waals surface area contributed by atoms with Gasteiger partial charge in [-0.2, -0.15) is 0 Å². The van der Waals surface area contributed by atoms with Gasteiger partial charge in [-0.05, 0) is 30.7 Å². The lowest BCUT2D eigenvalue weighted by molar-refractivity contribution is -0.141. The molecule has 0 aliphatic rings. The lowest BCUT2D eigenvalue weighted by Crippen LogP contribution is -2.31. The Morgan fingerprint density at radius 2 is 2.06 bits per heavy atom. The second-order valence-electron chi connectivity index (χ2n) is 4.92. The molecular formula is C14H20ClNO2. The highest BCUT2D eigenvalue weighted by Crippen LogP contribution is 2.20. The molecule has 0 heterocycles. The van der Waals surface area contributed by atoms with Gasteiger partial charge in [-0.3, -0.25) is 4.79 Å². The first-order valence-electron chi connectivity index (χ1n) is 6.07. The van der Waals surface area contributed by atoms with E-state index in [-0.39, 0.29) is 5.92 Å². The quantitative estimate of drug-likeness (QED) is 0.863. The molecule has 1 rings (SSSR count). The monoisotopic (exact) mass is 269 g/mol. The number of halogens is 1. The van der Waals surface area contributed by atoms with Crippen molar-refractivity contribution in [1.29, 1.82) is 0 Å². The van der Waals surface area contributed by atoms with Crippen LogP contribution in [0.2, 0.25) is 5.02 Å². The summed E-state index contributed by atoms with van der Waals surface area (Å²) in [5.41, 5.74) is 1.18. The van der Waals surface area contributed by atoms with Gasteiger partial charge < -0.3 is 10.0 Å². The van der Waals surface area contributed by atoms with E-state index in [2.05, 4.69) is 6.92 Å². The van der Waals surface area contributed by atoms with Crippen LogP contribution in [0.1, 0.15) is 25.3 Å². The highest BCUT2D eigenvalue weighted by atomic mass is 35.5. The van der Waals surface area contributed by atoms with E-state index in [0.29, 0.717) is 12.5 Å². The molecule has 0 spiro atoms.